The molecule has 1 aromatic rings. The lowest BCUT2D eigenvalue weighted by Gasteiger charge is -2.24. The van der Waals surface area contributed by atoms with Crippen LogP contribution in [0.2, 0.25) is 0 Å². The third-order valence-electron chi connectivity index (χ3n) is 5.93. The summed E-state index contributed by atoms with van der Waals surface area (Å²) in [6, 6.07) is 6.58. The average Bonchev–Trinajstić information content (AvgIpc) is 3.33. The van der Waals surface area contributed by atoms with Crippen LogP contribution in [-0.2, 0) is 20.0 Å². The summed E-state index contributed by atoms with van der Waals surface area (Å²) in [5, 5.41) is 9.38. The molecule has 0 saturated heterocycles. The first-order chi connectivity index (χ1) is 11.3. The van der Waals surface area contributed by atoms with Crippen LogP contribution >= 0.6 is 0 Å². The second kappa shape index (κ2) is 6.17. The second-order valence-electron chi connectivity index (χ2n) is 7.60. The van der Waals surface area contributed by atoms with Crippen molar-refractivity contribution in [2.24, 2.45) is 11.8 Å². The minimum atomic E-state index is -3.32. The molecule has 2 unspecified atom stereocenters. The molecule has 3 rings (SSSR count). The van der Waals surface area contributed by atoms with E-state index in [1.165, 1.54) is 19.3 Å². The summed E-state index contributed by atoms with van der Waals surface area (Å²) in [5.74, 6) is -0.0747. The van der Waals surface area contributed by atoms with Gasteiger partial charge in [-0.05, 0) is 49.8 Å². The first-order valence-corrected chi connectivity index (χ1v) is 10.4. The Balaban J connectivity index is 1.88. The Morgan fingerprint density at radius 2 is 1.71 bits per heavy atom. The predicted molar refractivity (Wildman–Crippen MR) is 92.8 cm³/mol. The maximum Gasteiger partial charge on any atom is 0.314 e. The van der Waals surface area contributed by atoms with Gasteiger partial charge in [-0.25, -0.2) is 8.42 Å². The second-order valence-corrected chi connectivity index (χ2v) is 10.1. The molecule has 24 heavy (non-hydrogen) atoms. The summed E-state index contributed by atoms with van der Waals surface area (Å²) in [4.78, 5) is 12.3. The fourth-order valence-corrected chi connectivity index (χ4v) is 5.37. The highest BCUT2D eigenvalue weighted by Gasteiger charge is 2.63. The zero-order valence-electron chi connectivity index (χ0n) is 14.4. The Morgan fingerprint density at radius 1 is 1.12 bits per heavy atom. The molecule has 0 amide bonds. The normalized spacial score (nSPS) is 28.0. The van der Waals surface area contributed by atoms with Crippen LogP contribution in [0.4, 0.5) is 0 Å². The minimum Gasteiger partial charge on any atom is -0.481 e. The summed E-state index contributed by atoms with van der Waals surface area (Å²) >= 11 is 0. The monoisotopic (exact) mass is 350 g/mol. The van der Waals surface area contributed by atoms with E-state index >= 15 is 0 Å². The van der Waals surface area contributed by atoms with E-state index < -0.39 is 26.5 Å². The molecule has 1 aromatic carbocycles. The molecule has 2 saturated carbocycles. The van der Waals surface area contributed by atoms with Crippen molar-refractivity contribution in [2.45, 2.75) is 67.9 Å². The molecular formula is C19H26O4S. The molecule has 2 aliphatic carbocycles. The Bertz CT molecular complexity index is 714. The smallest absolute Gasteiger partial charge is 0.314 e. The third-order valence-corrected chi connectivity index (χ3v) is 8.10. The zero-order valence-corrected chi connectivity index (χ0v) is 15.2. The van der Waals surface area contributed by atoms with Crippen molar-refractivity contribution in [1.29, 1.82) is 0 Å². The van der Waals surface area contributed by atoms with E-state index in [0.717, 1.165) is 18.4 Å². The van der Waals surface area contributed by atoms with E-state index in [4.69, 9.17) is 0 Å². The van der Waals surface area contributed by atoms with Gasteiger partial charge in [0.2, 0.25) is 0 Å². The molecule has 0 spiro atoms. The Hall–Kier alpha value is -1.36. The summed E-state index contributed by atoms with van der Waals surface area (Å²) in [6.07, 6.45) is 6.58. The van der Waals surface area contributed by atoms with Crippen LogP contribution in [0.15, 0.2) is 29.2 Å². The highest BCUT2D eigenvalue weighted by atomic mass is 32.2. The number of sulfone groups is 1. The van der Waals surface area contributed by atoms with E-state index in [0.29, 0.717) is 12.3 Å². The Morgan fingerprint density at radius 3 is 2.21 bits per heavy atom. The lowest BCUT2D eigenvalue weighted by Crippen LogP contribution is -2.26. The Kier molecular flexibility index (Phi) is 4.49. The third kappa shape index (κ3) is 2.77. The number of aliphatic carboxylic acids is 1. The molecule has 0 radical (unpaired) electrons. The van der Waals surface area contributed by atoms with Crippen molar-refractivity contribution in [2.75, 3.05) is 0 Å². The van der Waals surface area contributed by atoms with Crippen LogP contribution in [0.25, 0.3) is 0 Å². The average molecular weight is 350 g/mol. The number of carboxylic acids is 1. The number of hydrogen-bond donors (Lipinski definition) is 1. The summed E-state index contributed by atoms with van der Waals surface area (Å²) in [6.45, 7) is 3.31. The Labute approximate surface area is 144 Å². The standard InChI is InChI=1S/C19H26O4S/c1-13(2)24(22,23)16-10-8-15(9-11-16)19(18(20)21)12-17(19)14-6-4-3-5-7-14/h8-11,13-14,17H,3-7,12H2,1-2H3,(H,20,21). The highest BCUT2D eigenvalue weighted by molar-refractivity contribution is 7.92. The largest absolute Gasteiger partial charge is 0.481 e. The van der Waals surface area contributed by atoms with Crippen molar-refractivity contribution in [3.63, 3.8) is 0 Å². The lowest BCUT2D eigenvalue weighted by atomic mass is 9.80. The molecule has 2 atom stereocenters. The summed E-state index contributed by atoms with van der Waals surface area (Å²) < 4.78 is 24.5. The zero-order chi connectivity index (χ0) is 17.5. The van der Waals surface area contributed by atoms with Gasteiger partial charge in [0.1, 0.15) is 0 Å². The topological polar surface area (TPSA) is 71.4 Å². The van der Waals surface area contributed by atoms with Crippen molar-refractivity contribution in [3.05, 3.63) is 29.8 Å². The van der Waals surface area contributed by atoms with E-state index in [1.807, 2.05) is 0 Å². The molecule has 0 aromatic heterocycles. The molecule has 4 nitrogen and oxygen atoms in total. The van der Waals surface area contributed by atoms with E-state index in [9.17, 15) is 18.3 Å². The van der Waals surface area contributed by atoms with Crippen LogP contribution in [-0.4, -0.2) is 24.7 Å². The fraction of sp³-hybridized carbons (Fsp3) is 0.632. The van der Waals surface area contributed by atoms with Gasteiger partial charge in [0.25, 0.3) is 0 Å². The van der Waals surface area contributed by atoms with Gasteiger partial charge in [-0.2, -0.15) is 0 Å². The summed E-state index contributed by atoms with van der Waals surface area (Å²) in [5.41, 5.74) is -0.0458. The van der Waals surface area contributed by atoms with E-state index in [1.54, 1.807) is 38.1 Å². The van der Waals surface area contributed by atoms with Gasteiger partial charge < -0.3 is 5.11 Å². The summed E-state index contributed by atoms with van der Waals surface area (Å²) in [7, 11) is -3.32. The van der Waals surface area contributed by atoms with Crippen LogP contribution in [0.1, 0.15) is 57.9 Å². The van der Waals surface area contributed by atoms with Crippen LogP contribution in [0, 0.1) is 11.8 Å². The number of benzene rings is 1. The van der Waals surface area contributed by atoms with Crippen LogP contribution in [0.5, 0.6) is 0 Å². The first kappa shape index (κ1) is 17.5. The van der Waals surface area contributed by atoms with Crippen LogP contribution in [0.3, 0.4) is 0 Å². The van der Waals surface area contributed by atoms with Gasteiger partial charge >= 0.3 is 5.97 Å². The lowest BCUT2D eigenvalue weighted by molar-refractivity contribution is -0.140. The molecule has 0 bridgehead atoms. The molecule has 2 fully saturated rings. The minimum absolute atomic E-state index is 0.197. The van der Waals surface area contributed by atoms with E-state index in [-0.39, 0.29) is 10.8 Å². The van der Waals surface area contributed by atoms with Crippen molar-refractivity contribution >= 4 is 15.8 Å². The number of hydrogen-bond acceptors (Lipinski definition) is 3. The van der Waals surface area contributed by atoms with Gasteiger partial charge in [-0.3, -0.25) is 4.79 Å². The van der Waals surface area contributed by atoms with Gasteiger partial charge in [0.05, 0.1) is 15.6 Å². The first-order valence-electron chi connectivity index (χ1n) is 8.88. The molecule has 1 N–H and O–H groups in total. The van der Waals surface area contributed by atoms with Gasteiger partial charge in [-0.1, -0.05) is 44.2 Å². The molecule has 0 aliphatic heterocycles. The van der Waals surface area contributed by atoms with Crippen molar-refractivity contribution in [1.82, 2.24) is 0 Å². The van der Waals surface area contributed by atoms with Crippen LogP contribution < -0.4 is 0 Å². The SMILES string of the molecule is CC(C)S(=O)(=O)c1ccc(C2(C(=O)O)CC2C2CCCCC2)cc1. The van der Waals surface area contributed by atoms with Crippen molar-refractivity contribution < 1.29 is 18.3 Å². The van der Waals surface area contributed by atoms with Crippen molar-refractivity contribution in [3.8, 4) is 0 Å². The number of carboxylic acid groups (broad SMARTS) is 1. The molecular weight excluding hydrogens is 324 g/mol. The van der Waals surface area contributed by atoms with Gasteiger partial charge in [-0.15, -0.1) is 0 Å². The molecule has 0 heterocycles. The number of rotatable bonds is 5. The predicted octanol–water partition coefficient (Wildman–Crippen LogP) is 3.79. The maximum atomic E-state index is 12.2. The van der Waals surface area contributed by atoms with Gasteiger partial charge in [0.15, 0.2) is 9.84 Å². The molecule has 5 heteroatoms. The maximum absolute atomic E-state index is 12.2. The number of carbonyl (C=O) groups is 1. The quantitative estimate of drug-likeness (QED) is 0.877. The van der Waals surface area contributed by atoms with Gasteiger partial charge in [0, 0.05) is 0 Å². The van der Waals surface area contributed by atoms with E-state index in [2.05, 4.69) is 0 Å². The molecule has 2 aliphatic rings. The highest BCUT2D eigenvalue weighted by Crippen LogP contribution is 2.60. The fourth-order valence-electron chi connectivity index (χ4n) is 4.31. The molecule has 132 valence electrons.